The SMILES string of the molecule is COC1CCC(Nc2nc(C(C)C)ns2)C1. The minimum atomic E-state index is 0.405. The third-order valence-electron chi connectivity index (χ3n) is 3.00. The fourth-order valence-electron chi connectivity index (χ4n) is 1.99. The molecule has 0 spiro atoms. The summed E-state index contributed by atoms with van der Waals surface area (Å²) in [7, 11) is 1.79. The van der Waals surface area contributed by atoms with Crippen LogP contribution in [0.2, 0.25) is 0 Å². The first-order valence-electron chi connectivity index (χ1n) is 5.82. The lowest BCUT2D eigenvalue weighted by Gasteiger charge is -2.10. The second kappa shape index (κ2) is 5.10. The molecule has 2 rings (SSSR count). The highest BCUT2D eigenvalue weighted by Crippen LogP contribution is 2.26. The van der Waals surface area contributed by atoms with E-state index in [0.29, 0.717) is 18.1 Å². The van der Waals surface area contributed by atoms with Crippen LogP contribution in [0.5, 0.6) is 0 Å². The number of anilines is 1. The summed E-state index contributed by atoms with van der Waals surface area (Å²) in [5.41, 5.74) is 0. The van der Waals surface area contributed by atoms with E-state index in [2.05, 4.69) is 28.5 Å². The Morgan fingerprint density at radius 3 is 2.81 bits per heavy atom. The van der Waals surface area contributed by atoms with Gasteiger partial charge in [-0.15, -0.1) is 0 Å². The molecule has 1 aliphatic rings. The number of hydrogen-bond donors (Lipinski definition) is 1. The molecule has 16 heavy (non-hydrogen) atoms. The molecule has 2 unspecified atom stereocenters. The summed E-state index contributed by atoms with van der Waals surface area (Å²) in [5.74, 6) is 1.34. The summed E-state index contributed by atoms with van der Waals surface area (Å²) in [6, 6.07) is 0.498. The van der Waals surface area contributed by atoms with Gasteiger partial charge in [0.25, 0.3) is 0 Å². The molecule has 1 fully saturated rings. The molecule has 1 heterocycles. The van der Waals surface area contributed by atoms with Crippen LogP contribution in [0.1, 0.15) is 44.9 Å². The third-order valence-corrected chi connectivity index (χ3v) is 3.66. The number of aromatic nitrogens is 2. The molecule has 5 heteroatoms. The van der Waals surface area contributed by atoms with Gasteiger partial charge in [-0.1, -0.05) is 13.8 Å². The molecule has 0 amide bonds. The van der Waals surface area contributed by atoms with E-state index >= 15 is 0 Å². The molecule has 90 valence electrons. The summed E-state index contributed by atoms with van der Waals surface area (Å²) >= 11 is 1.46. The lowest BCUT2D eigenvalue weighted by molar-refractivity contribution is 0.108. The summed E-state index contributed by atoms with van der Waals surface area (Å²) in [6.45, 7) is 4.23. The van der Waals surface area contributed by atoms with Crippen molar-refractivity contribution in [2.75, 3.05) is 12.4 Å². The quantitative estimate of drug-likeness (QED) is 0.880. The minimum Gasteiger partial charge on any atom is -0.381 e. The van der Waals surface area contributed by atoms with Crippen molar-refractivity contribution in [3.05, 3.63) is 5.82 Å². The number of hydrogen-bond acceptors (Lipinski definition) is 5. The van der Waals surface area contributed by atoms with Crippen LogP contribution in [0.25, 0.3) is 0 Å². The molecule has 0 bridgehead atoms. The van der Waals surface area contributed by atoms with Crippen LogP contribution >= 0.6 is 11.5 Å². The summed E-state index contributed by atoms with van der Waals surface area (Å²) in [4.78, 5) is 4.48. The molecule has 2 atom stereocenters. The zero-order valence-electron chi connectivity index (χ0n) is 10.1. The Bertz CT molecular complexity index is 340. The maximum atomic E-state index is 5.35. The Kier molecular flexibility index (Phi) is 3.76. The van der Waals surface area contributed by atoms with Crippen molar-refractivity contribution in [2.45, 2.75) is 51.2 Å². The summed E-state index contributed by atoms with van der Waals surface area (Å²) < 4.78 is 9.68. The van der Waals surface area contributed by atoms with Gasteiger partial charge in [0.1, 0.15) is 5.82 Å². The van der Waals surface area contributed by atoms with Gasteiger partial charge in [-0.3, -0.25) is 0 Å². The molecular weight excluding hydrogens is 222 g/mol. The first-order chi connectivity index (χ1) is 7.69. The average Bonchev–Trinajstić information content (AvgIpc) is 2.87. The van der Waals surface area contributed by atoms with Crippen LogP contribution in [0, 0.1) is 0 Å². The van der Waals surface area contributed by atoms with Gasteiger partial charge in [0.2, 0.25) is 5.13 Å². The Morgan fingerprint density at radius 1 is 1.44 bits per heavy atom. The normalized spacial score (nSPS) is 25.2. The fourth-order valence-corrected chi connectivity index (χ4v) is 2.77. The van der Waals surface area contributed by atoms with Gasteiger partial charge in [-0.2, -0.15) is 4.37 Å². The molecule has 0 saturated heterocycles. The summed E-state index contributed by atoms with van der Waals surface area (Å²) in [5, 5.41) is 4.39. The lowest BCUT2D eigenvalue weighted by atomic mass is 10.2. The molecule has 0 aromatic carbocycles. The van der Waals surface area contributed by atoms with Crippen LogP contribution in [-0.4, -0.2) is 28.6 Å². The highest BCUT2D eigenvalue weighted by Gasteiger charge is 2.25. The maximum absolute atomic E-state index is 5.35. The lowest BCUT2D eigenvalue weighted by Crippen LogP contribution is -2.17. The van der Waals surface area contributed by atoms with Gasteiger partial charge in [0, 0.05) is 30.6 Å². The Balaban J connectivity index is 1.89. The Hall–Kier alpha value is -0.680. The number of methoxy groups -OCH3 is 1. The number of nitrogens with zero attached hydrogens (tertiary/aromatic N) is 2. The van der Waals surface area contributed by atoms with E-state index in [1.807, 2.05) is 0 Å². The van der Waals surface area contributed by atoms with Crippen LogP contribution in [0.15, 0.2) is 0 Å². The second-order valence-electron chi connectivity index (χ2n) is 4.62. The van der Waals surface area contributed by atoms with E-state index in [1.54, 1.807) is 7.11 Å². The van der Waals surface area contributed by atoms with E-state index in [9.17, 15) is 0 Å². The average molecular weight is 241 g/mol. The molecule has 0 aliphatic heterocycles. The highest BCUT2D eigenvalue weighted by atomic mass is 32.1. The minimum absolute atomic E-state index is 0.405. The monoisotopic (exact) mass is 241 g/mol. The molecule has 4 nitrogen and oxygen atoms in total. The molecule has 1 N–H and O–H groups in total. The van der Waals surface area contributed by atoms with Crippen molar-refractivity contribution in [2.24, 2.45) is 0 Å². The third kappa shape index (κ3) is 2.71. The Labute approximate surface area is 101 Å². The smallest absolute Gasteiger partial charge is 0.202 e. The summed E-state index contributed by atoms with van der Waals surface area (Å²) in [6.07, 6.45) is 3.79. The van der Waals surface area contributed by atoms with E-state index in [4.69, 9.17) is 4.74 Å². The van der Waals surface area contributed by atoms with Crippen molar-refractivity contribution in [3.8, 4) is 0 Å². The van der Waals surface area contributed by atoms with Crippen molar-refractivity contribution in [3.63, 3.8) is 0 Å². The largest absolute Gasteiger partial charge is 0.381 e. The van der Waals surface area contributed by atoms with Crippen LogP contribution in [0.4, 0.5) is 5.13 Å². The molecule has 1 aromatic rings. The molecule has 1 saturated carbocycles. The predicted octanol–water partition coefficient (Wildman–Crippen LogP) is 2.64. The van der Waals surface area contributed by atoms with Crippen molar-refractivity contribution in [1.82, 2.24) is 9.36 Å². The Morgan fingerprint density at radius 2 is 2.25 bits per heavy atom. The molecule has 1 aliphatic carbocycles. The zero-order chi connectivity index (χ0) is 11.5. The van der Waals surface area contributed by atoms with Crippen LogP contribution in [0.3, 0.4) is 0 Å². The van der Waals surface area contributed by atoms with E-state index < -0.39 is 0 Å². The van der Waals surface area contributed by atoms with E-state index in [-0.39, 0.29) is 0 Å². The van der Waals surface area contributed by atoms with Crippen LogP contribution < -0.4 is 5.32 Å². The van der Waals surface area contributed by atoms with Gasteiger partial charge >= 0.3 is 0 Å². The van der Waals surface area contributed by atoms with Crippen molar-refractivity contribution < 1.29 is 4.74 Å². The van der Waals surface area contributed by atoms with E-state index in [0.717, 1.165) is 30.2 Å². The van der Waals surface area contributed by atoms with Crippen molar-refractivity contribution in [1.29, 1.82) is 0 Å². The molecular formula is C11H19N3OS. The van der Waals surface area contributed by atoms with Crippen LogP contribution in [-0.2, 0) is 4.74 Å². The fraction of sp³-hybridized carbons (Fsp3) is 0.818. The highest BCUT2D eigenvalue weighted by molar-refractivity contribution is 7.09. The number of nitrogens with one attached hydrogen (secondary N) is 1. The zero-order valence-corrected chi connectivity index (χ0v) is 10.9. The van der Waals surface area contributed by atoms with E-state index in [1.165, 1.54) is 11.5 Å². The van der Waals surface area contributed by atoms with Gasteiger partial charge < -0.3 is 10.1 Å². The standard InChI is InChI=1S/C11H19N3OS/c1-7(2)10-13-11(16-14-10)12-8-4-5-9(6-8)15-3/h7-9H,4-6H2,1-3H3,(H,12,13,14). The number of ether oxygens (including phenoxy) is 1. The first-order valence-corrected chi connectivity index (χ1v) is 6.59. The second-order valence-corrected chi connectivity index (χ2v) is 5.38. The van der Waals surface area contributed by atoms with Gasteiger partial charge in [0.15, 0.2) is 0 Å². The predicted molar refractivity (Wildman–Crippen MR) is 66.1 cm³/mol. The van der Waals surface area contributed by atoms with Crippen molar-refractivity contribution >= 4 is 16.7 Å². The molecule has 1 aromatic heterocycles. The maximum Gasteiger partial charge on any atom is 0.202 e. The first kappa shape index (κ1) is 11.8. The van der Waals surface area contributed by atoms with Gasteiger partial charge in [0.05, 0.1) is 6.10 Å². The molecule has 0 radical (unpaired) electrons. The van der Waals surface area contributed by atoms with Gasteiger partial charge in [-0.05, 0) is 19.3 Å². The topological polar surface area (TPSA) is 47.0 Å². The van der Waals surface area contributed by atoms with Gasteiger partial charge in [-0.25, -0.2) is 4.98 Å². The number of rotatable bonds is 4.